The van der Waals surface area contributed by atoms with Gasteiger partial charge in [-0.3, -0.25) is 19.4 Å². The summed E-state index contributed by atoms with van der Waals surface area (Å²) in [4.78, 5) is 41.2. The Bertz CT molecular complexity index is 1220. The summed E-state index contributed by atoms with van der Waals surface area (Å²) in [6, 6.07) is 11.9. The predicted molar refractivity (Wildman–Crippen MR) is 141 cm³/mol. The number of alkyl halides is 1. The van der Waals surface area contributed by atoms with Gasteiger partial charge >= 0.3 is 6.09 Å². The van der Waals surface area contributed by atoms with Crippen LogP contribution in [0.25, 0.3) is 11.1 Å². The van der Waals surface area contributed by atoms with Crippen molar-refractivity contribution in [2.24, 2.45) is 0 Å². The fraction of sp³-hybridized carbons (Fsp3) is 0.483. The van der Waals surface area contributed by atoms with Crippen LogP contribution in [0.1, 0.15) is 43.2 Å². The maximum atomic E-state index is 14.7. The summed E-state index contributed by atoms with van der Waals surface area (Å²) >= 11 is 0. The number of carbonyl (C=O) groups excluding carboxylic acids is 3. The van der Waals surface area contributed by atoms with Gasteiger partial charge in [0.2, 0.25) is 5.91 Å². The molecule has 1 aliphatic carbocycles. The van der Waals surface area contributed by atoms with Gasteiger partial charge in [0.05, 0.1) is 12.6 Å². The minimum atomic E-state index is -1.53. The second-order valence-electron chi connectivity index (χ2n) is 10.5. The van der Waals surface area contributed by atoms with Crippen LogP contribution < -0.4 is 10.6 Å². The number of nitrogens with one attached hydrogen (secondary N) is 2. The Kier molecular flexibility index (Phi) is 7.95. The van der Waals surface area contributed by atoms with Crippen LogP contribution in [0.3, 0.4) is 0 Å². The number of piperazine rings is 1. The van der Waals surface area contributed by atoms with Crippen molar-refractivity contribution < 1.29 is 27.9 Å². The average molecular weight is 541 g/mol. The summed E-state index contributed by atoms with van der Waals surface area (Å²) in [7, 11) is 0. The molecule has 0 aromatic heterocycles. The molecule has 8 nitrogen and oxygen atoms in total. The van der Waals surface area contributed by atoms with Gasteiger partial charge < -0.3 is 15.4 Å². The lowest BCUT2D eigenvalue weighted by molar-refractivity contribution is -0.142. The molecule has 0 spiro atoms. The number of halogens is 2. The Morgan fingerprint density at radius 3 is 2.59 bits per heavy atom. The van der Waals surface area contributed by atoms with E-state index in [4.69, 9.17) is 4.74 Å². The molecule has 39 heavy (non-hydrogen) atoms. The molecule has 3 unspecified atom stereocenters. The summed E-state index contributed by atoms with van der Waals surface area (Å²) < 4.78 is 34.3. The van der Waals surface area contributed by atoms with E-state index in [1.165, 1.54) is 9.80 Å². The Morgan fingerprint density at radius 1 is 1.18 bits per heavy atom. The number of carbonyl (C=O) groups is 3. The molecular formula is C29H34F2N4O4. The molecule has 1 saturated carbocycles. The number of likely N-dealkylation sites (tertiary alicyclic amines) is 1. The van der Waals surface area contributed by atoms with Crippen LogP contribution in [0, 0.1) is 5.82 Å². The van der Waals surface area contributed by atoms with Gasteiger partial charge in [-0.25, -0.2) is 13.6 Å². The van der Waals surface area contributed by atoms with Gasteiger partial charge in [0.25, 0.3) is 0 Å². The molecule has 0 radical (unpaired) electrons. The van der Waals surface area contributed by atoms with Crippen LogP contribution in [-0.4, -0.2) is 78.7 Å². The van der Waals surface area contributed by atoms with E-state index in [9.17, 15) is 23.2 Å². The summed E-state index contributed by atoms with van der Waals surface area (Å²) in [6.45, 7) is 2.55. The molecule has 208 valence electrons. The number of benzene rings is 2. The number of nitrogens with zero attached hydrogens (tertiary/aromatic N) is 2. The van der Waals surface area contributed by atoms with Crippen molar-refractivity contribution in [3.05, 3.63) is 59.4 Å². The largest absolute Gasteiger partial charge is 0.450 e. The first-order chi connectivity index (χ1) is 18.9. The third kappa shape index (κ3) is 5.53. The topological polar surface area (TPSA) is 91.0 Å². The van der Waals surface area contributed by atoms with Crippen LogP contribution in [0.15, 0.2) is 42.5 Å². The molecule has 2 N–H and O–H groups in total. The molecule has 3 fully saturated rings. The molecule has 10 heteroatoms. The number of hydrogen-bond acceptors (Lipinski definition) is 6. The first-order valence-corrected chi connectivity index (χ1v) is 13.5. The van der Waals surface area contributed by atoms with Gasteiger partial charge in [0, 0.05) is 39.1 Å². The number of rotatable bonds is 8. The first kappa shape index (κ1) is 27.2. The van der Waals surface area contributed by atoms with Gasteiger partial charge in [0.1, 0.15) is 12.0 Å². The summed E-state index contributed by atoms with van der Waals surface area (Å²) in [6.07, 6.45) is 0.604. The molecule has 5 rings (SSSR count). The summed E-state index contributed by atoms with van der Waals surface area (Å²) in [5.41, 5.74) is 1.72. The van der Waals surface area contributed by atoms with Gasteiger partial charge in [0.15, 0.2) is 11.9 Å². The van der Waals surface area contributed by atoms with E-state index < -0.39 is 29.9 Å². The highest BCUT2D eigenvalue weighted by Crippen LogP contribution is 2.42. The Morgan fingerprint density at radius 2 is 1.92 bits per heavy atom. The normalized spacial score (nSPS) is 25.4. The highest BCUT2D eigenvalue weighted by atomic mass is 19.1. The molecule has 2 saturated heterocycles. The van der Waals surface area contributed by atoms with Crippen LogP contribution in [-0.2, 0) is 20.9 Å². The zero-order valence-electron chi connectivity index (χ0n) is 22.0. The molecule has 3 atom stereocenters. The molecule has 2 amide bonds. The fourth-order valence-corrected chi connectivity index (χ4v) is 5.65. The first-order valence-electron chi connectivity index (χ1n) is 13.5. The van der Waals surface area contributed by atoms with E-state index in [0.717, 1.165) is 35.1 Å². The van der Waals surface area contributed by atoms with Gasteiger partial charge in [-0.05, 0) is 54.0 Å². The Balaban J connectivity index is 1.26. The van der Waals surface area contributed by atoms with Crippen molar-refractivity contribution >= 4 is 18.3 Å². The number of amides is 2. The average Bonchev–Trinajstić information content (AvgIpc) is 3.71. The maximum Gasteiger partial charge on any atom is 0.411 e. The number of ether oxygens (including phenoxy) is 1. The minimum Gasteiger partial charge on any atom is -0.450 e. The predicted octanol–water partition coefficient (Wildman–Crippen LogP) is 3.36. The fourth-order valence-electron chi connectivity index (χ4n) is 5.65. The standard InChI is InChI=1S/C29H34F2N4O4/c1-2-39-28(38)34-12-11-32-17-29(34,18-36)35-16-23(30)14-26(35)27(37)33-15-19-3-5-20(6-4-19)22-9-10-24(21-7-8-21)25(31)13-22/h3-6,9-10,13,18,21,23,26,32H,2,7-8,11-12,14-17H2,1H3,(H,33,37). The lowest BCUT2D eigenvalue weighted by Crippen LogP contribution is -2.73. The van der Waals surface area contributed by atoms with Crippen LogP contribution in [0.4, 0.5) is 13.6 Å². The van der Waals surface area contributed by atoms with Gasteiger partial charge in [-0.15, -0.1) is 0 Å². The smallest absolute Gasteiger partial charge is 0.411 e. The van der Waals surface area contributed by atoms with E-state index in [-0.39, 0.29) is 45.0 Å². The molecule has 2 aliphatic heterocycles. The van der Waals surface area contributed by atoms with Crippen molar-refractivity contribution in [3.8, 4) is 11.1 Å². The quantitative estimate of drug-likeness (QED) is 0.499. The number of hydrogen-bond donors (Lipinski definition) is 2. The van der Waals surface area contributed by atoms with E-state index in [0.29, 0.717) is 18.7 Å². The zero-order valence-corrected chi connectivity index (χ0v) is 22.0. The van der Waals surface area contributed by atoms with Crippen molar-refractivity contribution in [2.45, 2.75) is 56.5 Å². The highest BCUT2D eigenvalue weighted by Gasteiger charge is 2.54. The molecule has 2 aromatic rings. The van der Waals surface area contributed by atoms with E-state index >= 15 is 0 Å². The Labute approximate surface area is 226 Å². The number of aldehydes is 1. The third-order valence-corrected chi connectivity index (χ3v) is 7.86. The molecular weight excluding hydrogens is 506 g/mol. The molecule has 3 aliphatic rings. The monoisotopic (exact) mass is 540 g/mol. The Hall–Kier alpha value is -3.37. The lowest BCUT2D eigenvalue weighted by atomic mass is 10.0. The zero-order chi connectivity index (χ0) is 27.6. The summed E-state index contributed by atoms with van der Waals surface area (Å²) in [5.74, 6) is -0.258. The lowest BCUT2D eigenvalue weighted by Gasteiger charge is -2.49. The molecule has 2 heterocycles. The van der Waals surface area contributed by atoms with Crippen molar-refractivity contribution in [3.63, 3.8) is 0 Å². The van der Waals surface area contributed by atoms with Crippen molar-refractivity contribution in [2.75, 3.05) is 32.8 Å². The van der Waals surface area contributed by atoms with E-state index in [1.807, 2.05) is 36.4 Å². The van der Waals surface area contributed by atoms with Crippen LogP contribution in [0.2, 0.25) is 0 Å². The molecule has 0 bridgehead atoms. The van der Waals surface area contributed by atoms with Gasteiger partial charge in [-0.1, -0.05) is 36.4 Å². The maximum absolute atomic E-state index is 14.7. The minimum absolute atomic E-state index is 0.0650. The van der Waals surface area contributed by atoms with Crippen LogP contribution >= 0.6 is 0 Å². The van der Waals surface area contributed by atoms with Crippen molar-refractivity contribution in [1.82, 2.24) is 20.4 Å². The van der Waals surface area contributed by atoms with Crippen molar-refractivity contribution in [1.29, 1.82) is 0 Å². The highest BCUT2D eigenvalue weighted by molar-refractivity contribution is 5.84. The third-order valence-electron chi connectivity index (χ3n) is 7.86. The van der Waals surface area contributed by atoms with Gasteiger partial charge in [-0.2, -0.15) is 0 Å². The second-order valence-corrected chi connectivity index (χ2v) is 10.5. The van der Waals surface area contributed by atoms with E-state index in [2.05, 4.69) is 10.6 Å². The molecule has 2 aromatic carbocycles. The summed E-state index contributed by atoms with van der Waals surface area (Å²) in [5, 5.41) is 5.95. The SMILES string of the molecule is CCOC(=O)N1CCNCC1(C=O)N1CC(F)CC1C(=O)NCc1ccc(-c2ccc(C3CC3)c(F)c2)cc1. The van der Waals surface area contributed by atoms with Crippen LogP contribution in [0.5, 0.6) is 0 Å². The van der Waals surface area contributed by atoms with E-state index in [1.54, 1.807) is 13.0 Å². The second kappa shape index (κ2) is 11.4.